The van der Waals surface area contributed by atoms with E-state index >= 15 is 0 Å². The molecule has 0 bridgehead atoms. The number of halogens is 1. The molecular formula is C13H19FN2O. The van der Waals surface area contributed by atoms with Crippen LogP contribution >= 0.6 is 0 Å². The first-order valence-corrected chi connectivity index (χ1v) is 5.70. The molecule has 0 saturated carbocycles. The third kappa shape index (κ3) is 3.82. The topological polar surface area (TPSA) is 55.1 Å². The highest BCUT2D eigenvalue weighted by atomic mass is 19.1. The maximum atomic E-state index is 13.0. The van der Waals surface area contributed by atoms with Crippen molar-refractivity contribution in [2.24, 2.45) is 11.7 Å². The van der Waals surface area contributed by atoms with Gasteiger partial charge in [0.25, 0.3) is 0 Å². The van der Waals surface area contributed by atoms with Crippen LogP contribution in [0.3, 0.4) is 0 Å². The van der Waals surface area contributed by atoms with E-state index in [2.05, 4.69) is 5.32 Å². The van der Waals surface area contributed by atoms with Gasteiger partial charge in [-0.3, -0.25) is 4.79 Å². The van der Waals surface area contributed by atoms with Crippen LogP contribution in [0.1, 0.15) is 31.0 Å². The summed E-state index contributed by atoms with van der Waals surface area (Å²) < 4.78 is 13.0. The Balaban J connectivity index is 2.93. The number of nitrogens with one attached hydrogen (secondary N) is 1. The van der Waals surface area contributed by atoms with Gasteiger partial charge in [-0.15, -0.1) is 0 Å². The molecule has 1 aromatic rings. The second-order valence-corrected chi connectivity index (χ2v) is 4.64. The molecule has 0 fully saturated rings. The Morgan fingerprint density at radius 2 is 2.12 bits per heavy atom. The van der Waals surface area contributed by atoms with E-state index in [0.29, 0.717) is 12.5 Å². The van der Waals surface area contributed by atoms with Crippen LogP contribution in [-0.4, -0.2) is 12.5 Å². The summed E-state index contributed by atoms with van der Waals surface area (Å²) >= 11 is 0. The first-order chi connectivity index (χ1) is 7.91. The highest BCUT2D eigenvalue weighted by Crippen LogP contribution is 2.18. The molecule has 0 spiro atoms. The largest absolute Gasteiger partial charge is 0.368 e. The van der Waals surface area contributed by atoms with Crippen LogP contribution < -0.4 is 11.1 Å². The Morgan fingerprint density at radius 1 is 1.47 bits per heavy atom. The van der Waals surface area contributed by atoms with Gasteiger partial charge in [0.15, 0.2) is 0 Å². The number of hydrogen-bond acceptors (Lipinski definition) is 2. The van der Waals surface area contributed by atoms with Gasteiger partial charge in [-0.25, -0.2) is 4.39 Å². The van der Waals surface area contributed by atoms with E-state index in [4.69, 9.17) is 5.73 Å². The van der Waals surface area contributed by atoms with Crippen molar-refractivity contribution in [2.45, 2.75) is 26.8 Å². The van der Waals surface area contributed by atoms with Crippen molar-refractivity contribution in [3.8, 4) is 0 Å². The zero-order valence-corrected chi connectivity index (χ0v) is 10.5. The van der Waals surface area contributed by atoms with Gasteiger partial charge in [0.2, 0.25) is 5.91 Å². The maximum absolute atomic E-state index is 13.0. The smallest absolute Gasteiger partial charge is 0.239 e. The Morgan fingerprint density at radius 3 is 2.59 bits per heavy atom. The molecule has 3 nitrogen and oxygen atoms in total. The minimum absolute atomic E-state index is 0.307. The lowest BCUT2D eigenvalue weighted by molar-refractivity contribution is -0.120. The van der Waals surface area contributed by atoms with E-state index in [0.717, 1.165) is 11.1 Å². The van der Waals surface area contributed by atoms with Crippen molar-refractivity contribution >= 4 is 5.91 Å². The minimum Gasteiger partial charge on any atom is -0.368 e. The van der Waals surface area contributed by atoms with Crippen molar-refractivity contribution < 1.29 is 9.18 Å². The first kappa shape index (κ1) is 13.6. The number of hydrogen-bond donors (Lipinski definition) is 2. The summed E-state index contributed by atoms with van der Waals surface area (Å²) in [5.74, 6) is -0.337. The summed E-state index contributed by atoms with van der Waals surface area (Å²) in [5.41, 5.74) is 6.83. The van der Waals surface area contributed by atoms with Gasteiger partial charge < -0.3 is 11.1 Å². The van der Waals surface area contributed by atoms with E-state index < -0.39 is 11.9 Å². The lowest BCUT2D eigenvalue weighted by Crippen LogP contribution is -2.36. The molecule has 1 unspecified atom stereocenters. The third-order valence-electron chi connectivity index (χ3n) is 2.56. The lowest BCUT2D eigenvalue weighted by atomic mass is 10.00. The van der Waals surface area contributed by atoms with Gasteiger partial charge in [0.05, 0.1) is 0 Å². The Kier molecular flexibility index (Phi) is 4.63. The number of amides is 1. The fourth-order valence-electron chi connectivity index (χ4n) is 1.68. The quantitative estimate of drug-likeness (QED) is 0.823. The average molecular weight is 238 g/mol. The predicted molar refractivity (Wildman–Crippen MR) is 65.9 cm³/mol. The van der Waals surface area contributed by atoms with Crippen molar-refractivity contribution in [3.63, 3.8) is 0 Å². The molecule has 3 N–H and O–H groups in total. The summed E-state index contributed by atoms with van der Waals surface area (Å²) in [4.78, 5) is 11.4. The number of carbonyl (C=O) groups excluding carboxylic acids is 1. The van der Waals surface area contributed by atoms with Crippen molar-refractivity contribution in [2.75, 3.05) is 6.54 Å². The van der Waals surface area contributed by atoms with Gasteiger partial charge in [-0.05, 0) is 42.6 Å². The normalized spacial score (nSPS) is 12.8. The molecule has 1 amide bonds. The van der Waals surface area contributed by atoms with Crippen LogP contribution in [0.5, 0.6) is 0 Å². The van der Waals surface area contributed by atoms with Crippen LogP contribution in [0.4, 0.5) is 4.39 Å². The molecule has 4 heteroatoms. The van der Waals surface area contributed by atoms with Crippen molar-refractivity contribution in [1.29, 1.82) is 0 Å². The van der Waals surface area contributed by atoms with Crippen LogP contribution in [-0.2, 0) is 4.79 Å². The summed E-state index contributed by atoms with van der Waals surface area (Å²) in [6.07, 6.45) is 0. The van der Waals surface area contributed by atoms with Crippen molar-refractivity contribution in [1.82, 2.24) is 5.32 Å². The van der Waals surface area contributed by atoms with Gasteiger partial charge >= 0.3 is 0 Å². The molecular weight excluding hydrogens is 219 g/mol. The second kappa shape index (κ2) is 5.77. The van der Waals surface area contributed by atoms with E-state index in [1.165, 1.54) is 12.1 Å². The minimum atomic E-state index is -0.557. The SMILES string of the molecule is Cc1cc(F)ccc1C(NCC(C)C)C(N)=O. The van der Waals surface area contributed by atoms with Crippen LogP contribution in [0, 0.1) is 18.7 Å². The predicted octanol–water partition coefficient (Wildman–Crippen LogP) is 1.91. The fraction of sp³-hybridized carbons (Fsp3) is 0.462. The molecule has 1 atom stereocenters. The van der Waals surface area contributed by atoms with Crippen LogP contribution in [0.2, 0.25) is 0 Å². The van der Waals surface area contributed by atoms with Gasteiger partial charge in [0.1, 0.15) is 11.9 Å². The number of benzene rings is 1. The number of nitrogens with two attached hydrogens (primary N) is 1. The average Bonchev–Trinajstić information content (AvgIpc) is 2.20. The molecule has 0 aliphatic carbocycles. The van der Waals surface area contributed by atoms with E-state index in [-0.39, 0.29) is 5.82 Å². The van der Waals surface area contributed by atoms with Crippen LogP contribution in [0.25, 0.3) is 0 Å². The zero-order chi connectivity index (χ0) is 13.0. The highest BCUT2D eigenvalue weighted by molar-refractivity contribution is 5.81. The fourth-order valence-corrected chi connectivity index (χ4v) is 1.68. The second-order valence-electron chi connectivity index (χ2n) is 4.64. The number of carbonyl (C=O) groups is 1. The van der Waals surface area contributed by atoms with Gasteiger partial charge in [-0.2, -0.15) is 0 Å². The molecule has 0 saturated heterocycles. The molecule has 17 heavy (non-hydrogen) atoms. The Labute approximate surface area is 101 Å². The van der Waals surface area contributed by atoms with Crippen molar-refractivity contribution in [3.05, 3.63) is 35.1 Å². The molecule has 0 aliphatic rings. The summed E-state index contributed by atoms with van der Waals surface area (Å²) in [5, 5.41) is 3.10. The monoisotopic (exact) mass is 238 g/mol. The Hall–Kier alpha value is -1.42. The first-order valence-electron chi connectivity index (χ1n) is 5.70. The Bertz CT molecular complexity index is 404. The van der Waals surface area contributed by atoms with Crippen LogP contribution in [0.15, 0.2) is 18.2 Å². The maximum Gasteiger partial charge on any atom is 0.239 e. The van der Waals surface area contributed by atoms with E-state index in [1.54, 1.807) is 13.0 Å². The third-order valence-corrected chi connectivity index (χ3v) is 2.56. The highest BCUT2D eigenvalue weighted by Gasteiger charge is 2.19. The molecule has 0 aliphatic heterocycles. The number of aryl methyl sites for hydroxylation is 1. The standard InChI is InChI=1S/C13H19FN2O/c1-8(2)7-16-12(13(15)17)11-5-4-10(14)6-9(11)3/h4-6,8,12,16H,7H2,1-3H3,(H2,15,17). The summed E-state index contributed by atoms with van der Waals surface area (Å²) in [6, 6.07) is 3.79. The number of primary amides is 1. The van der Waals surface area contributed by atoms with Gasteiger partial charge in [-0.1, -0.05) is 19.9 Å². The van der Waals surface area contributed by atoms with E-state index in [9.17, 15) is 9.18 Å². The zero-order valence-electron chi connectivity index (χ0n) is 10.5. The molecule has 0 aromatic heterocycles. The molecule has 1 aromatic carbocycles. The molecule has 0 heterocycles. The molecule has 1 rings (SSSR count). The lowest BCUT2D eigenvalue weighted by Gasteiger charge is -2.19. The number of rotatable bonds is 5. The summed E-state index contributed by atoms with van der Waals surface area (Å²) in [6.45, 7) is 6.54. The van der Waals surface area contributed by atoms with E-state index in [1.807, 2.05) is 13.8 Å². The molecule has 94 valence electrons. The van der Waals surface area contributed by atoms with Gasteiger partial charge in [0, 0.05) is 0 Å². The molecule has 0 radical (unpaired) electrons. The summed E-state index contributed by atoms with van der Waals surface area (Å²) in [7, 11) is 0.